The topological polar surface area (TPSA) is 89.6 Å². The summed E-state index contributed by atoms with van der Waals surface area (Å²) in [6.45, 7) is 0. The molecule has 1 heterocycles. The highest BCUT2D eigenvalue weighted by Gasteiger charge is 2.06. The number of amides is 2. The highest BCUT2D eigenvalue weighted by atomic mass is 16.5. The molecule has 0 aliphatic rings. The number of hydrogen-bond donors (Lipinski definition) is 2. The second kappa shape index (κ2) is 8.33. The Morgan fingerprint density at radius 2 is 1.88 bits per heavy atom. The van der Waals surface area contributed by atoms with Gasteiger partial charge in [0.15, 0.2) is 11.5 Å². The number of carbonyl (C=O) groups is 2. The number of ether oxygens (including phenoxy) is 2. The van der Waals surface area contributed by atoms with Crippen LogP contribution in [0.25, 0.3) is 6.08 Å². The fraction of sp³-hybridized carbons (Fsp3) is 0.118. The zero-order chi connectivity index (χ0) is 17.4. The van der Waals surface area contributed by atoms with E-state index >= 15 is 0 Å². The molecule has 0 atom stereocenters. The first-order valence-corrected chi connectivity index (χ1v) is 7.04. The van der Waals surface area contributed by atoms with Crippen molar-refractivity contribution < 1.29 is 19.1 Å². The molecule has 2 N–H and O–H groups in total. The van der Waals surface area contributed by atoms with Gasteiger partial charge in [-0.3, -0.25) is 25.4 Å². The van der Waals surface area contributed by atoms with E-state index in [1.54, 1.807) is 49.7 Å². The summed E-state index contributed by atoms with van der Waals surface area (Å²) in [6.07, 6.45) is 5.85. The summed E-state index contributed by atoms with van der Waals surface area (Å²) in [4.78, 5) is 27.3. The zero-order valence-electron chi connectivity index (χ0n) is 13.3. The van der Waals surface area contributed by atoms with Gasteiger partial charge in [0.1, 0.15) is 0 Å². The number of rotatable bonds is 5. The summed E-state index contributed by atoms with van der Waals surface area (Å²) in [5, 5.41) is 0. The maximum atomic E-state index is 11.8. The lowest BCUT2D eigenvalue weighted by molar-refractivity contribution is -0.117. The summed E-state index contributed by atoms with van der Waals surface area (Å²) >= 11 is 0. The minimum absolute atomic E-state index is 0.349. The molecule has 0 saturated carbocycles. The Bertz CT molecular complexity index is 745. The quantitative estimate of drug-likeness (QED) is 0.643. The van der Waals surface area contributed by atoms with Gasteiger partial charge in [-0.2, -0.15) is 0 Å². The van der Waals surface area contributed by atoms with Crippen LogP contribution in [0.3, 0.4) is 0 Å². The molecule has 0 aliphatic carbocycles. The van der Waals surface area contributed by atoms with Gasteiger partial charge < -0.3 is 9.47 Å². The van der Waals surface area contributed by atoms with Crippen molar-refractivity contribution in [3.05, 3.63) is 59.9 Å². The maximum absolute atomic E-state index is 11.8. The number of nitrogens with one attached hydrogen (secondary N) is 2. The number of methoxy groups -OCH3 is 2. The molecule has 7 nitrogen and oxygen atoms in total. The Hall–Kier alpha value is -3.35. The summed E-state index contributed by atoms with van der Waals surface area (Å²) in [5.41, 5.74) is 5.69. The van der Waals surface area contributed by atoms with E-state index in [0.717, 1.165) is 5.56 Å². The average molecular weight is 327 g/mol. The Morgan fingerprint density at radius 3 is 2.54 bits per heavy atom. The SMILES string of the molecule is COc1ccc(/C=C/C(=O)NNC(=O)c2cccnc2)cc1OC. The van der Waals surface area contributed by atoms with Crippen LogP contribution in [0.2, 0.25) is 0 Å². The van der Waals surface area contributed by atoms with Crippen molar-refractivity contribution in [3.8, 4) is 11.5 Å². The van der Waals surface area contributed by atoms with Gasteiger partial charge in [0.25, 0.3) is 11.8 Å². The molecule has 2 aromatic rings. The van der Waals surface area contributed by atoms with E-state index < -0.39 is 11.8 Å². The molecule has 0 unspecified atom stereocenters. The number of benzene rings is 1. The largest absolute Gasteiger partial charge is 0.493 e. The van der Waals surface area contributed by atoms with Gasteiger partial charge in [-0.1, -0.05) is 6.07 Å². The van der Waals surface area contributed by atoms with Crippen LogP contribution in [0.5, 0.6) is 11.5 Å². The summed E-state index contributed by atoms with van der Waals surface area (Å²) < 4.78 is 10.3. The molecule has 1 aromatic carbocycles. The number of pyridine rings is 1. The molecule has 0 spiro atoms. The van der Waals surface area contributed by atoms with E-state index in [2.05, 4.69) is 15.8 Å². The second-order valence-electron chi connectivity index (χ2n) is 4.63. The Labute approximate surface area is 139 Å². The predicted molar refractivity (Wildman–Crippen MR) is 88.4 cm³/mol. The molecule has 0 bridgehead atoms. The average Bonchev–Trinajstić information content (AvgIpc) is 2.64. The van der Waals surface area contributed by atoms with Crippen molar-refractivity contribution in [2.24, 2.45) is 0 Å². The number of hydrogen-bond acceptors (Lipinski definition) is 5. The molecule has 0 saturated heterocycles. The van der Waals surface area contributed by atoms with Crippen molar-refractivity contribution in [3.63, 3.8) is 0 Å². The van der Waals surface area contributed by atoms with Crippen LogP contribution in [0, 0.1) is 0 Å². The fourth-order valence-corrected chi connectivity index (χ4v) is 1.86. The van der Waals surface area contributed by atoms with Gasteiger partial charge in [0.2, 0.25) is 0 Å². The molecule has 0 fully saturated rings. The van der Waals surface area contributed by atoms with Crippen LogP contribution in [0.4, 0.5) is 0 Å². The van der Waals surface area contributed by atoms with Crippen LogP contribution in [0.15, 0.2) is 48.8 Å². The summed E-state index contributed by atoms with van der Waals surface area (Å²) in [6, 6.07) is 8.47. The van der Waals surface area contributed by atoms with E-state index in [9.17, 15) is 9.59 Å². The Balaban J connectivity index is 1.92. The van der Waals surface area contributed by atoms with Crippen LogP contribution in [-0.2, 0) is 4.79 Å². The molecule has 0 aliphatic heterocycles. The fourth-order valence-electron chi connectivity index (χ4n) is 1.86. The number of hydrazine groups is 1. The smallest absolute Gasteiger partial charge is 0.271 e. The molecular formula is C17H17N3O4. The molecule has 2 rings (SSSR count). The normalized spacial score (nSPS) is 10.2. The lowest BCUT2D eigenvalue weighted by atomic mass is 10.2. The molecular weight excluding hydrogens is 310 g/mol. The lowest BCUT2D eigenvalue weighted by Gasteiger charge is -2.07. The Morgan fingerprint density at radius 1 is 1.08 bits per heavy atom. The zero-order valence-corrected chi connectivity index (χ0v) is 13.3. The van der Waals surface area contributed by atoms with Crippen molar-refractivity contribution in [1.29, 1.82) is 0 Å². The number of aromatic nitrogens is 1. The third kappa shape index (κ3) is 4.57. The van der Waals surface area contributed by atoms with E-state index in [0.29, 0.717) is 17.1 Å². The van der Waals surface area contributed by atoms with Crippen molar-refractivity contribution in [2.75, 3.05) is 14.2 Å². The van der Waals surface area contributed by atoms with Crippen LogP contribution >= 0.6 is 0 Å². The van der Waals surface area contributed by atoms with Gasteiger partial charge in [0.05, 0.1) is 19.8 Å². The number of carbonyl (C=O) groups excluding carboxylic acids is 2. The van der Waals surface area contributed by atoms with Crippen LogP contribution in [-0.4, -0.2) is 31.0 Å². The first-order valence-electron chi connectivity index (χ1n) is 7.04. The van der Waals surface area contributed by atoms with E-state index in [-0.39, 0.29) is 0 Å². The lowest BCUT2D eigenvalue weighted by Crippen LogP contribution is -2.40. The van der Waals surface area contributed by atoms with Crippen molar-refractivity contribution >= 4 is 17.9 Å². The van der Waals surface area contributed by atoms with Crippen LogP contribution < -0.4 is 20.3 Å². The third-order valence-electron chi connectivity index (χ3n) is 3.06. The first-order chi connectivity index (χ1) is 11.6. The predicted octanol–water partition coefficient (Wildman–Crippen LogP) is 1.57. The van der Waals surface area contributed by atoms with Gasteiger partial charge in [-0.15, -0.1) is 0 Å². The van der Waals surface area contributed by atoms with E-state index in [1.807, 2.05) is 0 Å². The molecule has 124 valence electrons. The highest BCUT2D eigenvalue weighted by Crippen LogP contribution is 2.27. The summed E-state index contributed by atoms with van der Waals surface area (Å²) in [5.74, 6) is 0.241. The molecule has 7 heteroatoms. The molecule has 0 radical (unpaired) electrons. The second-order valence-corrected chi connectivity index (χ2v) is 4.63. The highest BCUT2D eigenvalue weighted by molar-refractivity contribution is 5.97. The monoisotopic (exact) mass is 327 g/mol. The van der Waals surface area contributed by atoms with Gasteiger partial charge in [0, 0.05) is 18.5 Å². The van der Waals surface area contributed by atoms with E-state index in [4.69, 9.17) is 9.47 Å². The molecule has 2 amide bonds. The first kappa shape index (κ1) is 17.0. The van der Waals surface area contributed by atoms with Crippen LogP contribution in [0.1, 0.15) is 15.9 Å². The minimum atomic E-state index is -0.470. The molecule has 1 aromatic heterocycles. The summed E-state index contributed by atoms with van der Waals surface area (Å²) in [7, 11) is 3.08. The minimum Gasteiger partial charge on any atom is -0.493 e. The van der Waals surface area contributed by atoms with E-state index in [1.165, 1.54) is 19.4 Å². The number of nitrogens with zero attached hydrogens (tertiary/aromatic N) is 1. The van der Waals surface area contributed by atoms with Gasteiger partial charge in [-0.05, 0) is 35.9 Å². The standard InChI is InChI=1S/C17H17N3O4/c1-23-14-7-5-12(10-15(14)24-2)6-8-16(21)19-20-17(22)13-4-3-9-18-11-13/h3-11H,1-2H3,(H,19,21)(H,20,22)/b8-6+. The third-order valence-corrected chi connectivity index (χ3v) is 3.06. The van der Waals surface area contributed by atoms with Crippen molar-refractivity contribution in [1.82, 2.24) is 15.8 Å². The van der Waals surface area contributed by atoms with Gasteiger partial charge >= 0.3 is 0 Å². The Kier molecular flexibility index (Phi) is 5.90. The molecule has 24 heavy (non-hydrogen) atoms. The maximum Gasteiger partial charge on any atom is 0.271 e. The van der Waals surface area contributed by atoms with Crippen molar-refractivity contribution in [2.45, 2.75) is 0 Å². The van der Waals surface area contributed by atoms with Gasteiger partial charge in [-0.25, -0.2) is 0 Å².